The van der Waals surface area contributed by atoms with Crippen molar-refractivity contribution in [3.63, 3.8) is 0 Å². The summed E-state index contributed by atoms with van der Waals surface area (Å²) >= 11 is 3.51. The van der Waals surface area contributed by atoms with Crippen molar-refractivity contribution in [2.24, 2.45) is 0 Å². The van der Waals surface area contributed by atoms with Crippen LogP contribution in [0, 0.1) is 0 Å². The molecule has 1 aromatic heterocycles. The van der Waals surface area contributed by atoms with Crippen molar-refractivity contribution in [1.82, 2.24) is 9.78 Å². The summed E-state index contributed by atoms with van der Waals surface area (Å²) in [4.78, 5) is 0. The van der Waals surface area contributed by atoms with Crippen LogP contribution in [0.4, 0.5) is 0 Å². The SMILES string of the molecule is COc1cccc(-n2cc3cccc(Br)c3n2)c1. The van der Waals surface area contributed by atoms with Gasteiger partial charge in [0.05, 0.1) is 12.8 Å². The molecule has 0 saturated carbocycles. The van der Waals surface area contributed by atoms with Crippen molar-refractivity contribution in [3.8, 4) is 11.4 Å². The van der Waals surface area contributed by atoms with Crippen molar-refractivity contribution >= 4 is 26.8 Å². The molecule has 0 fully saturated rings. The van der Waals surface area contributed by atoms with Crippen LogP contribution < -0.4 is 4.74 Å². The third-order valence-corrected chi connectivity index (χ3v) is 3.44. The number of hydrogen-bond donors (Lipinski definition) is 0. The van der Waals surface area contributed by atoms with Gasteiger partial charge in [0.2, 0.25) is 0 Å². The Labute approximate surface area is 113 Å². The third-order valence-electron chi connectivity index (χ3n) is 2.80. The van der Waals surface area contributed by atoms with Gasteiger partial charge in [-0.05, 0) is 34.1 Å². The molecule has 2 aromatic carbocycles. The molecule has 0 bridgehead atoms. The number of ether oxygens (including phenoxy) is 1. The van der Waals surface area contributed by atoms with Gasteiger partial charge in [-0.3, -0.25) is 0 Å². The van der Waals surface area contributed by atoms with E-state index >= 15 is 0 Å². The standard InChI is InChI=1S/C14H11BrN2O/c1-18-12-6-3-5-11(8-12)17-9-10-4-2-7-13(15)14(10)16-17/h2-9H,1H3. The predicted octanol–water partition coefficient (Wildman–Crippen LogP) is 3.80. The fourth-order valence-corrected chi connectivity index (χ4v) is 2.36. The van der Waals surface area contributed by atoms with E-state index in [1.54, 1.807) is 7.11 Å². The van der Waals surface area contributed by atoms with Gasteiger partial charge >= 0.3 is 0 Å². The summed E-state index contributed by atoms with van der Waals surface area (Å²) in [5, 5.41) is 5.68. The molecule has 0 aliphatic rings. The van der Waals surface area contributed by atoms with Gasteiger partial charge in [-0.25, -0.2) is 4.68 Å². The molecule has 1 heterocycles. The Balaban J connectivity index is 2.16. The van der Waals surface area contributed by atoms with Crippen LogP contribution in [0.1, 0.15) is 0 Å². The lowest BCUT2D eigenvalue weighted by Crippen LogP contribution is -1.94. The van der Waals surface area contributed by atoms with E-state index in [1.807, 2.05) is 53.3 Å². The second kappa shape index (κ2) is 4.46. The monoisotopic (exact) mass is 302 g/mol. The van der Waals surface area contributed by atoms with Crippen LogP contribution in [-0.2, 0) is 0 Å². The molecule has 3 rings (SSSR count). The molecule has 0 atom stereocenters. The van der Waals surface area contributed by atoms with E-state index in [0.29, 0.717) is 0 Å². The summed E-state index contributed by atoms with van der Waals surface area (Å²) in [7, 11) is 1.66. The van der Waals surface area contributed by atoms with Crippen LogP contribution in [-0.4, -0.2) is 16.9 Å². The molecule has 0 aliphatic heterocycles. The number of methoxy groups -OCH3 is 1. The molecule has 3 nitrogen and oxygen atoms in total. The first-order chi connectivity index (χ1) is 8.78. The maximum atomic E-state index is 5.22. The Morgan fingerprint density at radius 1 is 1.17 bits per heavy atom. The normalized spacial score (nSPS) is 10.8. The molecule has 0 N–H and O–H groups in total. The van der Waals surface area contributed by atoms with E-state index in [9.17, 15) is 0 Å². The third kappa shape index (κ3) is 1.88. The van der Waals surface area contributed by atoms with Gasteiger partial charge < -0.3 is 4.74 Å². The molecular weight excluding hydrogens is 292 g/mol. The van der Waals surface area contributed by atoms with Crippen molar-refractivity contribution in [2.75, 3.05) is 7.11 Å². The molecule has 0 radical (unpaired) electrons. The Hall–Kier alpha value is -1.81. The Kier molecular flexibility index (Phi) is 2.80. The zero-order valence-corrected chi connectivity index (χ0v) is 11.4. The quantitative estimate of drug-likeness (QED) is 0.720. The molecule has 0 amide bonds. The summed E-state index contributed by atoms with van der Waals surface area (Å²) in [5.74, 6) is 0.825. The number of benzene rings is 2. The van der Waals surface area contributed by atoms with Gasteiger partial charge in [0.1, 0.15) is 11.3 Å². The van der Waals surface area contributed by atoms with Gasteiger partial charge in [-0.1, -0.05) is 18.2 Å². The van der Waals surface area contributed by atoms with E-state index in [2.05, 4.69) is 21.0 Å². The zero-order chi connectivity index (χ0) is 12.5. The number of rotatable bonds is 2. The van der Waals surface area contributed by atoms with E-state index in [1.165, 1.54) is 0 Å². The molecule has 0 saturated heterocycles. The summed E-state index contributed by atoms with van der Waals surface area (Å²) < 4.78 is 8.08. The first-order valence-electron chi connectivity index (χ1n) is 5.56. The van der Waals surface area contributed by atoms with Crippen molar-refractivity contribution in [2.45, 2.75) is 0 Å². The highest BCUT2D eigenvalue weighted by Crippen LogP contribution is 2.24. The second-order valence-corrected chi connectivity index (χ2v) is 4.81. The minimum absolute atomic E-state index is 0.825. The highest BCUT2D eigenvalue weighted by molar-refractivity contribution is 9.10. The smallest absolute Gasteiger partial charge is 0.121 e. The summed E-state index contributed by atoms with van der Waals surface area (Å²) in [6.07, 6.45) is 2.01. The van der Waals surface area contributed by atoms with Crippen molar-refractivity contribution < 1.29 is 4.74 Å². The number of nitrogens with zero attached hydrogens (tertiary/aromatic N) is 2. The molecule has 0 spiro atoms. The van der Waals surface area contributed by atoms with Crippen LogP contribution in [0.5, 0.6) is 5.75 Å². The van der Waals surface area contributed by atoms with E-state index in [4.69, 9.17) is 4.74 Å². The molecular formula is C14H11BrN2O. The van der Waals surface area contributed by atoms with Crippen LogP contribution in [0.3, 0.4) is 0 Å². The largest absolute Gasteiger partial charge is 0.497 e. The lowest BCUT2D eigenvalue weighted by Gasteiger charge is -2.03. The van der Waals surface area contributed by atoms with Crippen LogP contribution in [0.2, 0.25) is 0 Å². The van der Waals surface area contributed by atoms with E-state index < -0.39 is 0 Å². The van der Waals surface area contributed by atoms with E-state index in [0.717, 1.165) is 26.8 Å². The second-order valence-electron chi connectivity index (χ2n) is 3.95. The Morgan fingerprint density at radius 3 is 2.78 bits per heavy atom. The van der Waals surface area contributed by atoms with Gasteiger partial charge in [-0.2, -0.15) is 5.10 Å². The summed E-state index contributed by atoms with van der Waals surface area (Å²) in [6, 6.07) is 13.9. The first kappa shape index (κ1) is 11.3. The van der Waals surface area contributed by atoms with Gasteiger partial charge in [0.25, 0.3) is 0 Å². The number of hydrogen-bond acceptors (Lipinski definition) is 2. The lowest BCUT2D eigenvalue weighted by atomic mass is 10.2. The maximum Gasteiger partial charge on any atom is 0.121 e. The average Bonchev–Trinajstić information content (AvgIpc) is 2.84. The van der Waals surface area contributed by atoms with Crippen molar-refractivity contribution in [1.29, 1.82) is 0 Å². The van der Waals surface area contributed by atoms with Gasteiger partial charge in [0, 0.05) is 22.1 Å². The number of aromatic nitrogens is 2. The highest BCUT2D eigenvalue weighted by Gasteiger charge is 2.05. The van der Waals surface area contributed by atoms with Crippen LogP contribution in [0.25, 0.3) is 16.6 Å². The van der Waals surface area contributed by atoms with Gasteiger partial charge in [-0.15, -0.1) is 0 Å². The fourth-order valence-electron chi connectivity index (χ4n) is 1.90. The maximum absolute atomic E-state index is 5.22. The minimum Gasteiger partial charge on any atom is -0.497 e. The van der Waals surface area contributed by atoms with Gasteiger partial charge in [0.15, 0.2) is 0 Å². The van der Waals surface area contributed by atoms with E-state index in [-0.39, 0.29) is 0 Å². The first-order valence-corrected chi connectivity index (χ1v) is 6.35. The van der Waals surface area contributed by atoms with Crippen molar-refractivity contribution in [3.05, 3.63) is 53.1 Å². The molecule has 4 heteroatoms. The zero-order valence-electron chi connectivity index (χ0n) is 9.80. The van der Waals surface area contributed by atoms with Crippen LogP contribution >= 0.6 is 15.9 Å². The van der Waals surface area contributed by atoms with Crippen LogP contribution in [0.15, 0.2) is 53.1 Å². The number of fused-ring (bicyclic) bond motifs is 1. The summed E-state index contributed by atoms with van der Waals surface area (Å²) in [6.45, 7) is 0. The molecule has 18 heavy (non-hydrogen) atoms. The predicted molar refractivity (Wildman–Crippen MR) is 75.3 cm³/mol. The molecule has 0 aliphatic carbocycles. The Bertz CT molecular complexity index is 706. The molecule has 0 unspecified atom stereocenters. The molecule has 90 valence electrons. The summed E-state index contributed by atoms with van der Waals surface area (Å²) in [5.41, 5.74) is 1.94. The molecule has 3 aromatic rings. The lowest BCUT2D eigenvalue weighted by molar-refractivity contribution is 0.414. The Morgan fingerprint density at radius 2 is 2.00 bits per heavy atom. The highest BCUT2D eigenvalue weighted by atomic mass is 79.9. The minimum atomic E-state index is 0.825. The topological polar surface area (TPSA) is 27.1 Å². The number of halogens is 1. The average molecular weight is 303 g/mol. The fraction of sp³-hybridized carbons (Fsp3) is 0.0714.